The van der Waals surface area contributed by atoms with Crippen molar-refractivity contribution >= 4 is 27.1 Å². The van der Waals surface area contributed by atoms with Gasteiger partial charge in [0.15, 0.2) is 5.78 Å². The number of aromatic nitrogens is 1. The van der Waals surface area contributed by atoms with E-state index >= 15 is 0 Å². The highest BCUT2D eigenvalue weighted by molar-refractivity contribution is 7.89. The summed E-state index contributed by atoms with van der Waals surface area (Å²) in [5, 5.41) is 2.20. The van der Waals surface area contributed by atoms with E-state index < -0.39 is 27.8 Å². The zero-order valence-corrected chi connectivity index (χ0v) is 18.3. The number of sulfonamides is 1. The molecule has 32 heavy (non-hydrogen) atoms. The molecule has 0 amide bonds. The van der Waals surface area contributed by atoms with Gasteiger partial charge in [0.05, 0.1) is 28.6 Å². The van der Waals surface area contributed by atoms with Crippen molar-refractivity contribution in [3.8, 4) is 11.3 Å². The quantitative estimate of drug-likeness (QED) is 0.482. The van der Waals surface area contributed by atoms with Crippen LogP contribution in [0.1, 0.15) is 29.8 Å². The Kier molecular flexibility index (Phi) is 6.24. The molecule has 3 heterocycles. The highest BCUT2D eigenvalue weighted by atomic mass is 32.2. The molecule has 0 unspecified atom stereocenters. The topological polar surface area (TPSA) is 80.5 Å². The molecule has 1 aromatic carbocycles. The molecule has 1 aliphatic rings. The van der Waals surface area contributed by atoms with Crippen molar-refractivity contribution in [2.75, 3.05) is 6.54 Å². The van der Waals surface area contributed by atoms with E-state index in [1.165, 1.54) is 46.2 Å². The summed E-state index contributed by atoms with van der Waals surface area (Å²) in [6.45, 7) is 0.259. The second kappa shape index (κ2) is 8.80. The first-order valence-electron chi connectivity index (χ1n) is 9.86. The normalized spacial score (nSPS) is 17.7. The SMILES string of the molecule is O=C(CCc1nc(-c2ccc(C(F)(F)F)cc2)cs1)[C@@H]1CCCN1S(=O)(=O)c1ccco1. The van der Waals surface area contributed by atoms with Gasteiger partial charge in [-0.05, 0) is 37.1 Å². The van der Waals surface area contributed by atoms with E-state index in [1.54, 1.807) is 5.38 Å². The van der Waals surface area contributed by atoms with Gasteiger partial charge >= 0.3 is 6.18 Å². The van der Waals surface area contributed by atoms with Gasteiger partial charge in [-0.15, -0.1) is 11.3 Å². The standard InChI is InChI=1S/C21H19F3N2O4S2/c22-21(23,24)15-7-5-14(6-8-15)16-13-31-19(25-16)10-9-18(27)17-3-1-11-26(17)32(28,29)20-4-2-12-30-20/h2,4-8,12-13,17H,1,3,9-11H2/t17-/m0/s1. The smallest absolute Gasteiger partial charge is 0.416 e. The maximum Gasteiger partial charge on any atom is 0.416 e. The molecule has 0 bridgehead atoms. The summed E-state index contributed by atoms with van der Waals surface area (Å²) >= 11 is 1.31. The van der Waals surface area contributed by atoms with E-state index in [-0.39, 0.29) is 23.8 Å². The monoisotopic (exact) mass is 484 g/mol. The summed E-state index contributed by atoms with van der Waals surface area (Å²) in [6, 6.07) is 6.84. The third-order valence-corrected chi connectivity index (χ3v) is 7.98. The molecule has 11 heteroatoms. The second-order valence-electron chi connectivity index (χ2n) is 7.37. The minimum atomic E-state index is -4.40. The minimum absolute atomic E-state index is 0.120. The van der Waals surface area contributed by atoms with Crippen LogP contribution in [0.25, 0.3) is 11.3 Å². The Labute approximate surface area is 186 Å². The van der Waals surface area contributed by atoms with Crippen molar-refractivity contribution in [3.63, 3.8) is 0 Å². The Morgan fingerprint density at radius 2 is 1.97 bits per heavy atom. The summed E-state index contributed by atoms with van der Waals surface area (Å²) in [7, 11) is -3.87. The van der Waals surface area contributed by atoms with Crippen LogP contribution in [0.2, 0.25) is 0 Å². The fraction of sp³-hybridized carbons (Fsp3) is 0.333. The number of ketones is 1. The number of aryl methyl sites for hydroxylation is 1. The Bertz CT molecular complexity index is 1190. The first kappa shape index (κ1) is 22.7. The molecule has 1 aliphatic heterocycles. The molecule has 0 spiro atoms. The first-order valence-corrected chi connectivity index (χ1v) is 12.2. The van der Waals surface area contributed by atoms with Crippen LogP contribution in [-0.4, -0.2) is 36.1 Å². The summed E-state index contributed by atoms with van der Waals surface area (Å²) in [4.78, 5) is 17.2. The molecule has 0 saturated carbocycles. The highest BCUT2D eigenvalue weighted by Crippen LogP contribution is 2.32. The molecule has 3 aromatic rings. The summed E-state index contributed by atoms with van der Waals surface area (Å²) < 4.78 is 69.8. The Morgan fingerprint density at radius 1 is 1.22 bits per heavy atom. The summed E-state index contributed by atoms with van der Waals surface area (Å²) in [6.07, 6.45) is -1.63. The molecule has 6 nitrogen and oxygen atoms in total. The minimum Gasteiger partial charge on any atom is -0.452 e. The molecular formula is C21H19F3N2O4S2. The number of rotatable bonds is 7. The van der Waals surface area contributed by atoms with Crippen LogP contribution in [0, 0.1) is 0 Å². The molecule has 0 N–H and O–H groups in total. The third-order valence-electron chi connectivity index (χ3n) is 5.28. The van der Waals surface area contributed by atoms with Crippen LogP contribution < -0.4 is 0 Å². The lowest BCUT2D eigenvalue weighted by molar-refractivity contribution is -0.137. The molecule has 170 valence electrons. The van der Waals surface area contributed by atoms with Gasteiger partial charge < -0.3 is 4.42 Å². The number of nitrogens with zero attached hydrogens (tertiary/aromatic N) is 2. The lowest BCUT2D eigenvalue weighted by atomic mass is 10.1. The number of hydrogen-bond acceptors (Lipinski definition) is 6. The molecular weight excluding hydrogens is 465 g/mol. The number of hydrogen-bond donors (Lipinski definition) is 0. The van der Waals surface area contributed by atoms with Gasteiger partial charge in [-0.2, -0.15) is 17.5 Å². The maximum atomic E-state index is 12.8. The summed E-state index contributed by atoms with van der Waals surface area (Å²) in [5.74, 6) is -0.191. The molecule has 1 fully saturated rings. The van der Waals surface area contributed by atoms with Crippen molar-refractivity contribution in [1.29, 1.82) is 0 Å². The van der Waals surface area contributed by atoms with E-state index in [0.717, 1.165) is 12.1 Å². The molecule has 1 atom stereocenters. The zero-order chi connectivity index (χ0) is 22.9. The number of carbonyl (C=O) groups is 1. The van der Waals surface area contributed by atoms with Crippen molar-refractivity contribution < 1.29 is 30.8 Å². The number of thiazole rings is 1. The van der Waals surface area contributed by atoms with E-state index in [1.807, 2.05) is 0 Å². The van der Waals surface area contributed by atoms with Crippen molar-refractivity contribution in [3.05, 3.63) is 58.6 Å². The number of halogens is 3. The molecule has 0 aliphatic carbocycles. The fourth-order valence-electron chi connectivity index (χ4n) is 3.66. The molecule has 0 radical (unpaired) electrons. The Balaban J connectivity index is 1.40. The molecule has 2 aromatic heterocycles. The average molecular weight is 485 g/mol. The van der Waals surface area contributed by atoms with E-state index in [4.69, 9.17) is 4.42 Å². The van der Waals surface area contributed by atoms with Gasteiger partial charge in [0.2, 0.25) is 5.09 Å². The number of alkyl halides is 3. The maximum absolute atomic E-state index is 12.8. The lowest BCUT2D eigenvalue weighted by Gasteiger charge is -2.21. The molecule has 1 saturated heterocycles. The lowest BCUT2D eigenvalue weighted by Crippen LogP contribution is -2.40. The van der Waals surface area contributed by atoms with Crippen molar-refractivity contribution in [2.24, 2.45) is 0 Å². The van der Waals surface area contributed by atoms with E-state index in [2.05, 4.69) is 4.98 Å². The third kappa shape index (κ3) is 4.64. The number of benzene rings is 1. The van der Waals surface area contributed by atoms with E-state index in [9.17, 15) is 26.4 Å². The largest absolute Gasteiger partial charge is 0.452 e. The zero-order valence-electron chi connectivity index (χ0n) is 16.7. The fourth-order valence-corrected chi connectivity index (χ4v) is 6.05. The van der Waals surface area contributed by atoms with Crippen LogP contribution >= 0.6 is 11.3 Å². The van der Waals surface area contributed by atoms with Gasteiger partial charge in [0.1, 0.15) is 0 Å². The summed E-state index contributed by atoms with van der Waals surface area (Å²) in [5.41, 5.74) is 0.361. The number of furan rings is 1. The number of Topliss-reactive ketones (excluding diaryl/α,β-unsaturated/α-hetero) is 1. The highest BCUT2D eigenvalue weighted by Gasteiger charge is 2.40. The second-order valence-corrected chi connectivity index (χ2v) is 10.1. The van der Waals surface area contributed by atoms with Crippen LogP contribution in [0.15, 0.2) is 57.6 Å². The Morgan fingerprint density at radius 3 is 2.62 bits per heavy atom. The van der Waals surface area contributed by atoms with Gasteiger partial charge in [-0.3, -0.25) is 4.79 Å². The van der Waals surface area contributed by atoms with Gasteiger partial charge in [-0.1, -0.05) is 12.1 Å². The van der Waals surface area contributed by atoms with Crippen LogP contribution in [0.3, 0.4) is 0 Å². The van der Waals surface area contributed by atoms with Crippen LogP contribution in [0.5, 0.6) is 0 Å². The van der Waals surface area contributed by atoms with Crippen LogP contribution in [0.4, 0.5) is 13.2 Å². The van der Waals surface area contributed by atoms with Gasteiger partial charge in [0.25, 0.3) is 10.0 Å². The predicted octanol–water partition coefficient (Wildman–Crippen LogP) is 4.78. The van der Waals surface area contributed by atoms with Crippen molar-refractivity contribution in [2.45, 2.75) is 43.0 Å². The number of carbonyl (C=O) groups excluding carboxylic acids is 1. The average Bonchev–Trinajstić information content (AvgIpc) is 3.53. The van der Waals surface area contributed by atoms with Crippen molar-refractivity contribution in [1.82, 2.24) is 9.29 Å². The predicted molar refractivity (Wildman–Crippen MR) is 112 cm³/mol. The van der Waals surface area contributed by atoms with Gasteiger partial charge in [0, 0.05) is 30.3 Å². The van der Waals surface area contributed by atoms with Crippen LogP contribution in [-0.2, 0) is 27.4 Å². The Hall–Kier alpha value is -2.50. The molecule has 4 rings (SSSR count). The van der Waals surface area contributed by atoms with E-state index in [0.29, 0.717) is 35.5 Å². The first-order chi connectivity index (χ1) is 15.2. The van der Waals surface area contributed by atoms with Gasteiger partial charge in [-0.25, -0.2) is 13.4 Å².